The van der Waals surface area contributed by atoms with Gasteiger partial charge in [-0.15, -0.1) is 0 Å². The Morgan fingerprint density at radius 1 is 0.524 bits per heavy atom. The van der Waals surface area contributed by atoms with Crippen LogP contribution in [0.15, 0.2) is 60.7 Å². The minimum atomic E-state index is -1.51. The Labute approximate surface area is 243 Å². The van der Waals surface area contributed by atoms with E-state index in [-0.39, 0.29) is 39.6 Å². The van der Waals surface area contributed by atoms with Crippen LogP contribution in [0.25, 0.3) is 0 Å². The smallest absolute Gasteiger partial charge is 0.187 e. The standard InChI is InChI=1S/C30H38O12/c31-23-21(17-37-15-19-9-3-1-4-10-19)41-29(27(35)25(23)33)39-13-7-8-14-40-30-28(36)26(34)24(32)22(42-30)18-38-16-20-11-5-2-6-12-20/h1-6,9-12,21-36H,13-18H2/t21-,22-,23+,24+,25+,26+,27-,28-,29-,30-/m1/s1. The van der Waals surface area contributed by atoms with Crippen LogP contribution >= 0.6 is 0 Å². The van der Waals surface area contributed by atoms with Gasteiger partial charge in [0.1, 0.15) is 62.0 Å². The topological polar surface area (TPSA) is 177 Å². The normalized spacial score (nSPS) is 33.1. The molecule has 2 aliphatic heterocycles. The highest BCUT2D eigenvalue weighted by atomic mass is 16.7. The van der Waals surface area contributed by atoms with E-state index in [0.717, 1.165) is 11.1 Å². The van der Waals surface area contributed by atoms with E-state index in [4.69, 9.17) is 28.4 Å². The molecule has 2 aromatic rings. The van der Waals surface area contributed by atoms with E-state index < -0.39 is 61.4 Å². The molecule has 0 amide bonds. The van der Waals surface area contributed by atoms with E-state index in [1.54, 1.807) is 0 Å². The van der Waals surface area contributed by atoms with Gasteiger partial charge >= 0.3 is 0 Å². The van der Waals surface area contributed by atoms with E-state index in [9.17, 15) is 30.6 Å². The number of hydrogen-bond acceptors (Lipinski definition) is 12. The summed E-state index contributed by atoms with van der Waals surface area (Å²) in [7, 11) is 0. The molecule has 4 rings (SSSR count). The van der Waals surface area contributed by atoms with E-state index in [2.05, 4.69) is 11.8 Å². The summed E-state index contributed by atoms with van der Waals surface area (Å²) in [4.78, 5) is 0. The fourth-order valence-electron chi connectivity index (χ4n) is 4.47. The average Bonchev–Trinajstić information content (AvgIpc) is 3.01. The van der Waals surface area contributed by atoms with Gasteiger partial charge in [-0.1, -0.05) is 72.5 Å². The molecular weight excluding hydrogens is 552 g/mol. The fourth-order valence-corrected chi connectivity index (χ4v) is 4.47. The molecule has 12 nitrogen and oxygen atoms in total. The summed E-state index contributed by atoms with van der Waals surface area (Å²) in [6.07, 6.45) is -13.2. The average molecular weight is 591 g/mol. The van der Waals surface area contributed by atoms with E-state index >= 15 is 0 Å². The summed E-state index contributed by atoms with van der Waals surface area (Å²) >= 11 is 0. The van der Waals surface area contributed by atoms with Crippen molar-refractivity contribution in [1.29, 1.82) is 0 Å². The molecule has 10 atom stereocenters. The largest absolute Gasteiger partial charge is 0.387 e. The molecule has 0 saturated carbocycles. The van der Waals surface area contributed by atoms with Crippen LogP contribution in [0.2, 0.25) is 0 Å². The highest BCUT2D eigenvalue weighted by Crippen LogP contribution is 2.24. The van der Waals surface area contributed by atoms with Crippen LogP contribution in [0.3, 0.4) is 0 Å². The van der Waals surface area contributed by atoms with Crippen LogP contribution in [0, 0.1) is 11.8 Å². The number of benzene rings is 2. The number of ether oxygens (including phenoxy) is 6. The van der Waals surface area contributed by atoms with Gasteiger partial charge in [0.15, 0.2) is 12.6 Å². The quantitative estimate of drug-likeness (QED) is 0.168. The highest BCUT2D eigenvalue weighted by molar-refractivity contribution is 5.14. The van der Waals surface area contributed by atoms with E-state index in [1.165, 1.54) is 0 Å². The first kappa shape index (κ1) is 32.4. The van der Waals surface area contributed by atoms with Gasteiger partial charge in [0.2, 0.25) is 0 Å². The lowest BCUT2D eigenvalue weighted by atomic mass is 9.99. The molecule has 6 N–H and O–H groups in total. The fraction of sp³-hybridized carbons (Fsp3) is 0.533. The predicted molar refractivity (Wildman–Crippen MR) is 145 cm³/mol. The molecule has 42 heavy (non-hydrogen) atoms. The first-order valence-electron chi connectivity index (χ1n) is 13.7. The van der Waals surface area contributed by atoms with Crippen molar-refractivity contribution in [3.63, 3.8) is 0 Å². The molecule has 12 heteroatoms. The Morgan fingerprint density at radius 2 is 0.905 bits per heavy atom. The summed E-state index contributed by atoms with van der Waals surface area (Å²) in [5.41, 5.74) is 1.86. The Morgan fingerprint density at radius 3 is 1.29 bits per heavy atom. The molecule has 2 aliphatic rings. The Kier molecular flexibility index (Phi) is 12.7. The number of rotatable bonds is 12. The van der Waals surface area contributed by atoms with Gasteiger partial charge in [-0.2, -0.15) is 0 Å². The molecule has 0 spiro atoms. The van der Waals surface area contributed by atoms with Gasteiger partial charge < -0.3 is 59.1 Å². The van der Waals surface area contributed by atoms with Crippen LogP contribution in [0.4, 0.5) is 0 Å². The molecule has 0 radical (unpaired) electrons. The van der Waals surface area contributed by atoms with Crippen molar-refractivity contribution >= 4 is 0 Å². The molecule has 0 bridgehead atoms. The molecule has 2 heterocycles. The van der Waals surface area contributed by atoms with Crippen LogP contribution in [0.1, 0.15) is 11.1 Å². The maximum atomic E-state index is 10.3. The maximum Gasteiger partial charge on any atom is 0.187 e. The lowest BCUT2D eigenvalue weighted by Gasteiger charge is -2.40. The van der Waals surface area contributed by atoms with Crippen LogP contribution in [-0.4, -0.2) is 118 Å². The molecular formula is C30H38O12. The highest BCUT2D eigenvalue weighted by Gasteiger charge is 2.45. The van der Waals surface area contributed by atoms with E-state index in [1.807, 2.05) is 60.7 Å². The minimum absolute atomic E-state index is 0.0399. The minimum Gasteiger partial charge on any atom is -0.387 e. The summed E-state index contributed by atoms with van der Waals surface area (Å²) in [6, 6.07) is 18.8. The monoisotopic (exact) mass is 590 g/mol. The van der Waals surface area contributed by atoms with Gasteiger partial charge in [0, 0.05) is 0 Å². The number of aliphatic hydroxyl groups is 6. The van der Waals surface area contributed by atoms with Crippen molar-refractivity contribution < 1.29 is 59.1 Å². The number of hydrogen-bond donors (Lipinski definition) is 6. The van der Waals surface area contributed by atoms with Crippen molar-refractivity contribution in [2.24, 2.45) is 0 Å². The second-order valence-corrected chi connectivity index (χ2v) is 10.0. The third kappa shape index (κ3) is 9.01. The summed E-state index contributed by atoms with van der Waals surface area (Å²) < 4.78 is 33.3. The van der Waals surface area contributed by atoms with Gasteiger partial charge in [-0.25, -0.2) is 0 Å². The Balaban J connectivity index is 1.19. The lowest BCUT2D eigenvalue weighted by molar-refractivity contribution is -0.300. The predicted octanol–water partition coefficient (Wildman–Crippen LogP) is -0.928. The van der Waals surface area contributed by atoms with Gasteiger partial charge in [-0.05, 0) is 11.1 Å². The molecule has 0 aliphatic carbocycles. The third-order valence-electron chi connectivity index (χ3n) is 6.89. The van der Waals surface area contributed by atoms with Gasteiger partial charge in [0.25, 0.3) is 0 Å². The zero-order valence-electron chi connectivity index (χ0n) is 22.9. The summed E-state index contributed by atoms with van der Waals surface area (Å²) in [5.74, 6) is 5.32. The van der Waals surface area contributed by atoms with Crippen molar-refractivity contribution in [3.8, 4) is 11.8 Å². The molecule has 0 aromatic heterocycles. The first-order chi connectivity index (χ1) is 20.3. The lowest BCUT2D eigenvalue weighted by Crippen LogP contribution is -2.59. The molecule has 2 aromatic carbocycles. The third-order valence-corrected chi connectivity index (χ3v) is 6.89. The first-order valence-corrected chi connectivity index (χ1v) is 13.7. The van der Waals surface area contributed by atoms with Gasteiger partial charge in [0.05, 0.1) is 26.4 Å². The summed E-state index contributed by atoms with van der Waals surface area (Å²) in [6.45, 7) is 0.0527. The second kappa shape index (κ2) is 16.4. The van der Waals surface area contributed by atoms with E-state index in [0.29, 0.717) is 0 Å². The van der Waals surface area contributed by atoms with Crippen molar-refractivity contribution in [3.05, 3.63) is 71.8 Å². The zero-order chi connectivity index (χ0) is 29.9. The molecule has 0 unspecified atom stereocenters. The Hall–Kier alpha value is -2.48. The SMILES string of the molecule is O[C@H]1[C@@H](O)[C@@H](COCc2ccccc2)O[C@@H](OCC#CCO[C@@H]2O[C@H](COCc3ccccc3)[C@H](O)[C@H](O)[C@H]2O)[C@@H]1O. The molecule has 230 valence electrons. The van der Waals surface area contributed by atoms with Crippen LogP contribution in [0.5, 0.6) is 0 Å². The van der Waals surface area contributed by atoms with Crippen LogP contribution in [-0.2, 0) is 41.6 Å². The van der Waals surface area contributed by atoms with Crippen LogP contribution < -0.4 is 0 Å². The van der Waals surface area contributed by atoms with Crippen molar-refractivity contribution in [2.75, 3.05) is 26.4 Å². The maximum absolute atomic E-state index is 10.3. The second-order valence-electron chi connectivity index (χ2n) is 10.0. The van der Waals surface area contributed by atoms with Gasteiger partial charge in [-0.3, -0.25) is 0 Å². The Bertz CT molecular complexity index is 1020. The number of aliphatic hydroxyl groups excluding tert-OH is 6. The summed E-state index contributed by atoms with van der Waals surface area (Å²) in [5, 5.41) is 61.5. The molecule has 2 saturated heterocycles. The van der Waals surface area contributed by atoms with Crippen molar-refractivity contribution in [1.82, 2.24) is 0 Å². The zero-order valence-corrected chi connectivity index (χ0v) is 22.9. The van der Waals surface area contributed by atoms with Crippen molar-refractivity contribution in [2.45, 2.75) is 74.6 Å². The molecule has 2 fully saturated rings.